The highest BCUT2D eigenvalue weighted by molar-refractivity contribution is 7.91. The summed E-state index contributed by atoms with van der Waals surface area (Å²) in [5.41, 5.74) is 0.908. The molecule has 1 aromatic carbocycles. The van der Waals surface area contributed by atoms with Crippen molar-refractivity contribution in [2.24, 2.45) is 0 Å². The largest absolute Gasteiger partial charge is 0.366 e. The Morgan fingerprint density at radius 3 is 2.56 bits per heavy atom. The molecule has 2 rings (SSSR count). The summed E-state index contributed by atoms with van der Waals surface area (Å²) in [6.45, 7) is 2.12. The fraction of sp³-hybridized carbons (Fsp3) is 0.538. The highest BCUT2D eigenvalue weighted by Gasteiger charge is 2.24. The molecule has 0 amide bonds. The molecule has 1 aliphatic rings. The van der Waals surface area contributed by atoms with Gasteiger partial charge in [0.15, 0.2) is 9.84 Å². The summed E-state index contributed by atoms with van der Waals surface area (Å²) in [6.07, 6.45) is 1.86. The van der Waals surface area contributed by atoms with Crippen molar-refractivity contribution in [1.82, 2.24) is 0 Å². The van der Waals surface area contributed by atoms with Gasteiger partial charge in [-0.2, -0.15) is 0 Å². The zero-order valence-corrected chi connectivity index (χ0v) is 11.3. The van der Waals surface area contributed by atoms with E-state index in [9.17, 15) is 12.8 Å². The summed E-state index contributed by atoms with van der Waals surface area (Å²) < 4.78 is 36.2. The van der Waals surface area contributed by atoms with Crippen molar-refractivity contribution in [3.8, 4) is 0 Å². The fourth-order valence-electron chi connectivity index (χ4n) is 2.35. The first-order valence-electron chi connectivity index (χ1n) is 6.24. The maximum atomic E-state index is 12.8. The summed E-state index contributed by atoms with van der Waals surface area (Å²) in [5.74, 6) is 0.100. The van der Waals surface area contributed by atoms with Crippen molar-refractivity contribution < 1.29 is 12.8 Å². The SMILES string of the molecule is CCS(=O)(=O)c1ccc(N2CCCC2CF)cc1. The molecule has 0 spiro atoms. The maximum absolute atomic E-state index is 12.8. The Morgan fingerprint density at radius 1 is 1.33 bits per heavy atom. The van der Waals surface area contributed by atoms with Gasteiger partial charge in [-0.3, -0.25) is 0 Å². The molecule has 1 atom stereocenters. The van der Waals surface area contributed by atoms with Gasteiger partial charge in [0.2, 0.25) is 0 Å². The minimum Gasteiger partial charge on any atom is -0.366 e. The van der Waals surface area contributed by atoms with Gasteiger partial charge in [0, 0.05) is 12.2 Å². The third-order valence-corrected chi connectivity index (χ3v) is 5.21. The van der Waals surface area contributed by atoms with E-state index in [2.05, 4.69) is 0 Å². The molecule has 1 unspecified atom stereocenters. The first-order valence-corrected chi connectivity index (χ1v) is 7.89. The van der Waals surface area contributed by atoms with Crippen LogP contribution in [-0.4, -0.2) is 33.4 Å². The molecule has 100 valence electrons. The second-order valence-corrected chi connectivity index (χ2v) is 6.82. The lowest BCUT2D eigenvalue weighted by molar-refractivity contribution is 0.428. The highest BCUT2D eigenvalue weighted by Crippen LogP contribution is 2.27. The Hall–Kier alpha value is -1.10. The molecule has 3 nitrogen and oxygen atoms in total. The number of rotatable bonds is 4. The van der Waals surface area contributed by atoms with Crippen molar-refractivity contribution in [2.75, 3.05) is 23.9 Å². The van der Waals surface area contributed by atoms with E-state index in [0.29, 0.717) is 4.90 Å². The summed E-state index contributed by atoms with van der Waals surface area (Å²) in [4.78, 5) is 2.35. The Labute approximate surface area is 108 Å². The molecular weight excluding hydrogens is 253 g/mol. The van der Waals surface area contributed by atoms with Gasteiger partial charge >= 0.3 is 0 Å². The second-order valence-electron chi connectivity index (χ2n) is 4.54. The third-order valence-electron chi connectivity index (χ3n) is 3.46. The van der Waals surface area contributed by atoms with Gasteiger partial charge < -0.3 is 4.90 Å². The third kappa shape index (κ3) is 2.51. The van der Waals surface area contributed by atoms with Gasteiger partial charge in [0.25, 0.3) is 0 Å². The normalized spacial score (nSPS) is 20.3. The summed E-state index contributed by atoms with van der Waals surface area (Å²) >= 11 is 0. The molecule has 0 aliphatic carbocycles. The Morgan fingerprint density at radius 2 is 2.00 bits per heavy atom. The van der Waals surface area contributed by atoms with Crippen LogP contribution in [0.2, 0.25) is 0 Å². The number of hydrogen-bond acceptors (Lipinski definition) is 3. The molecule has 5 heteroatoms. The zero-order chi connectivity index (χ0) is 13.2. The Bertz CT molecular complexity index is 498. The van der Waals surface area contributed by atoms with Crippen molar-refractivity contribution in [3.63, 3.8) is 0 Å². The predicted octanol–water partition coefficient (Wildman–Crippen LogP) is 2.42. The average Bonchev–Trinajstić information content (AvgIpc) is 2.87. The monoisotopic (exact) mass is 271 g/mol. The molecule has 0 bridgehead atoms. The summed E-state index contributed by atoms with van der Waals surface area (Å²) in [7, 11) is -3.15. The van der Waals surface area contributed by atoms with E-state index in [-0.39, 0.29) is 18.5 Å². The van der Waals surface area contributed by atoms with Gasteiger partial charge in [0.05, 0.1) is 16.7 Å². The van der Waals surface area contributed by atoms with E-state index < -0.39 is 9.84 Å². The quantitative estimate of drug-likeness (QED) is 0.844. The van der Waals surface area contributed by atoms with E-state index in [1.807, 2.05) is 4.90 Å². The summed E-state index contributed by atoms with van der Waals surface area (Å²) in [5, 5.41) is 0. The van der Waals surface area contributed by atoms with Gasteiger partial charge in [-0.25, -0.2) is 12.8 Å². The number of sulfone groups is 1. The predicted molar refractivity (Wildman–Crippen MR) is 70.5 cm³/mol. The van der Waals surface area contributed by atoms with Crippen LogP contribution in [0.25, 0.3) is 0 Å². The molecule has 0 radical (unpaired) electrons. The van der Waals surface area contributed by atoms with Crippen LogP contribution < -0.4 is 4.90 Å². The minimum absolute atomic E-state index is 0.0568. The molecule has 0 saturated carbocycles. The molecule has 1 saturated heterocycles. The highest BCUT2D eigenvalue weighted by atomic mass is 32.2. The number of alkyl halides is 1. The Balaban J connectivity index is 2.23. The smallest absolute Gasteiger partial charge is 0.178 e. The van der Waals surface area contributed by atoms with Crippen LogP contribution >= 0.6 is 0 Å². The zero-order valence-electron chi connectivity index (χ0n) is 10.5. The van der Waals surface area contributed by atoms with Crippen LogP contribution in [0, 0.1) is 0 Å². The van der Waals surface area contributed by atoms with Crippen molar-refractivity contribution in [1.29, 1.82) is 0 Å². The average molecular weight is 271 g/mol. The van der Waals surface area contributed by atoms with Crippen LogP contribution in [0.15, 0.2) is 29.2 Å². The lowest BCUT2D eigenvalue weighted by Crippen LogP contribution is -2.30. The standard InChI is InChI=1S/C13H18FNO2S/c1-2-18(16,17)13-7-5-11(6-8-13)15-9-3-4-12(15)10-14/h5-8,12H,2-4,9-10H2,1H3. The first kappa shape index (κ1) is 13.3. The van der Waals surface area contributed by atoms with Crippen LogP contribution in [0.1, 0.15) is 19.8 Å². The second kappa shape index (κ2) is 5.26. The lowest BCUT2D eigenvalue weighted by atomic mass is 10.2. The fourth-order valence-corrected chi connectivity index (χ4v) is 3.23. The molecule has 1 aromatic rings. The topological polar surface area (TPSA) is 37.4 Å². The van der Waals surface area contributed by atoms with Gasteiger partial charge in [0.1, 0.15) is 6.67 Å². The van der Waals surface area contributed by atoms with Crippen LogP contribution in [0.4, 0.5) is 10.1 Å². The number of halogens is 1. The van der Waals surface area contributed by atoms with Gasteiger partial charge in [-0.15, -0.1) is 0 Å². The maximum Gasteiger partial charge on any atom is 0.178 e. The lowest BCUT2D eigenvalue weighted by Gasteiger charge is -2.24. The van der Waals surface area contributed by atoms with E-state index in [0.717, 1.165) is 25.1 Å². The number of benzene rings is 1. The van der Waals surface area contributed by atoms with Crippen molar-refractivity contribution in [3.05, 3.63) is 24.3 Å². The van der Waals surface area contributed by atoms with E-state index in [1.54, 1.807) is 31.2 Å². The number of nitrogens with zero attached hydrogens (tertiary/aromatic N) is 1. The van der Waals surface area contributed by atoms with Crippen LogP contribution in [0.3, 0.4) is 0 Å². The molecule has 0 aromatic heterocycles. The van der Waals surface area contributed by atoms with Gasteiger partial charge in [-0.05, 0) is 37.1 Å². The molecule has 18 heavy (non-hydrogen) atoms. The number of anilines is 1. The van der Waals surface area contributed by atoms with Crippen molar-refractivity contribution >= 4 is 15.5 Å². The molecular formula is C13H18FNO2S. The molecule has 1 heterocycles. The minimum atomic E-state index is -3.15. The molecule has 0 N–H and O–H groups in total. The molecule has 1 fully saturated rings. The first-order chi connectivity index (χ1) is 8.58. The number of hydrogen-bond donors (Lipinski definition) is 0. The van der Waals surface area contributed by atoms with Crippen LogP contribution in [0.5, 0.6) is 0 Å². The van der Waals surface area contributed by atoms with E-state index in [4.69, 9.17) is 0 Å². The van der Waals surface area contributed by atoms with E-state index in [1.165, 1.54) is 0 Å². The summed E-state index contributed by atoms with van der Waals surface area (Å²) in [6, 6.07) is 6.72. The van der Waals surface area contributed by atoms with E-state index >= 15 is 0 Å². The van der Waals surface area contributed by atoms with Gasteiger partial charge in [-0.1, -0.05) is 6.92 Å². The molecule has 1 aliphatic heterocycles. The van der Waals surface area contributed by atoms with Crippen molar-refractivity contribution in [2.45, 2.75) is 30.7 Å². The Kier molecular flexibility index (Phi) is 3.90. The van der Waals surface area contributed by atoms with Crippen LogP contribution in [-0.2, 0) is 9.84 Å².